The molecular formula is C36H46N6O5. The minimum Gasteiger partial charge on any atom is -0.453 e. The molecule has 3 N–H and O–H groups in total. The largest absolute Gasteiger partial charge is 0.453 e. The summed E-state index contributed by atoms with van der Waals surface area (Å²) in [7, 11) is 3.22. The number of anilines is 2. The average molecular weight is 643 g/mol. The highest BCUT2D eigenvalue weighted by Gasteiger charge is 2.43. The minimum absolute atomic E-state index is 0.105. The number of hydrogen-bond donors (Lipinski definition) is 3. The summed E-state index contributed by atoms with van der Waals surface area (Å²) in [6, 6.07) is 18.7. The molecular weight excluding hydrogens is 596 g/mol. The molecule has 4 rings (SSSR count). The van der Waals surface area contributed by atoms with E-state index in [4.69, 9.17) is 4.74 Å². The van der Waals surface area contributed by atoms with Gasteiger partial charge in [0, 0.05) is 38.1 Å². The van der Waals surface area contributed by atoms with Gasteiger partial charge in [-0.1, -0.05) is 50.2 Å². The summed E-state index contributed by atoms with van der Waals surface area (Å²) in [5.41, 5.74) is 3.64. The van der Waals surface area contributed by atoms with Gasteiger partial charge in [-0.15, -0.1) is 0 Å². The molecule has 0 unspecified atom stereocenters. The van der Waals surface area contributed by atoms with E-state index in [9.17, 15) is 19.2 Å². The number of hydrogen-bond acceptors (Lipinski definition) is 7. The van der Waals surface area contributed by atoms with Gasteiger partial charge in [-0.3, -0.25) is 14.4 Å². The molecule has 11 heteroatoms. The van der Waals surface area contributed by atoms with E-state index < -0.39 is 11.5 Å². The summed E-state index contributed by atoms with van der Waals surface area (Å²) in [5.74, 6) is -0.174. The number of carbonyl (C=O) groups is 4. The number of amides is 4. The Balaban J connectivity index is 1.54. The third kappa shape index (κ3) is 9.16. The van der Waals surface area contributed by atoms with Crippen LogP contribution in [0.1, 0.15) is 55.4 Å². The van der Waals surface area contributed by atoms with Crippen LogP contribution in [0, 0.1) is 5.41 Å². The van der Waals surface area contributed by atoms with E-state index in [1.54, 1.807) is 34.2 Å². The Kier molecular flexibility index (Phi) is 12.5. The lowest BCUT2D eigenvalue weighted by molar-refractivity contribution is -0.148. The second-order valence-corrected chi connectivity index (χ2v) is 11.9. The molecule has 0 spiro atoms. The molecule has 4 amide bonds. The normalized spacial score (nSPS) is 13.8. The Morgan fingerprint density at radius 2 is 1.62 bits per heavy atom. The first-order valence-corrected chi connectivity index (χ1v) is 16.2. The maximum atomic E-state index is 14.4. The van der Waals surface area contributed by atoms with Crippen molar-refractivity contribution < 1.29 is 23.9 Å². The third-order valence-electron chi connectivity index (χ3n) is 8.91. The average Bonchev–Trinajstić information content (AvgIpc) is 3.08. The fourth-order valence-electron chi connectivity index (χ4n) is 6.16. The van der Waals surface area contributed by atoms with Crippen molar-refractivity contribution in [3.05, 3.63) is 89.1 Å². The van der Waals surface area contributed by atoms with E-state index >= 15 is 0 Å². The molecule has 0 atom stereocenters. The molecule has 47 heavy (non-hydrogen) atoms. The van der Waals surface area contributed by atoms with E-state index in [0.717, 1.165) is 28.7 Å². The number of carbonyl (C=O) groups excluding carboxylic acids is 4. The number of nitrogens with zero attached hydrogens (tertiary/aromatic N) is 3. The molecule has 0 radical (unpaired) electrons. The number of rotatable bonds is 13. The number of aryl methyl sites for hydroxylation is 1. The Hall–Kier alpha value is -4.77. The van der Waals surface area contributed by atoms with Crippen LogP contribution in [0.15, 0.2) is 66.9 Å². The van der Waals surface area contributed by atoms with E-state index in [-0.39, 0.29) is 37.2 Å². The molecule has 250 valence electrons. The van der Waals surface area contributed by atoms with Crippen molar-refractivity contribution >= 4 is 35.3 Å². The summed E-state index contributed by atoms with van der Waals surface area (Å²) < 4.78 is 4.90. The van der Waals surface area contributed by atoms with Crippen molar-refractivity contribution in [1.29, 1.82) is 0 Å². The topological polar surface area (TPSA) is 133 Å². The number of nitrogens with one attached hydrogen (secondary N) is 3. The van der Waals surface area contributed by atoms with Crippen LogP contribution >= 0.6 is 0 Å². The highest BCUT2D eigenvalue weighted by molar-refractivity contribution is 5.96. The van der Waals surface area contributed by atoms with Crippen LogP contribution in [0.2, 0.25) is 0 Å². The lowest BCUT2D eigenvalue weighted by atomic mass is 9.74. The van der Waals surface area contributed by atoms with E-state index in [1.165, 1.54) is 7.11 Å². The molecule has 1 aliphatic heterocycles. The molecule has 0 aliphatic carbocycles. The number of likely N-dealkylation sites (tertiary alicyclic amines) is 1. The number of benzene rings is 2. The molecule has 1 fully saturated rings. The number of ether oxygens (including phenoxy) is 1. The molecule has 11 nitrogen and oxygen atoms in total. The van der Waals surface area contributed by atoms with Crippen LogP contribution in [-0.2, 0) is 45.1 Å². The Morgan fingerprint density at radius 1 is 0.894 bits per heavy atom. The zero-order valence-corrected chi connectivity index (χ0v) is 27.8. The van der Waals surface area contributed by atoms with Crippen LogP contribution in [0.25, 0.3) is 0 Å². The molecule has 1 aliphatic rings. The predicted octanol–water partition coefficient (Wildman–Crippen LogP) is 4.77. The second-order valence-electron chi connectivity index (χ2n) is 11.9. The van der Waals surface area contributed by atoms with E-state index in [0.29, 0.717) is 50.4 Å². The molecule has 1 aromatic heterocycles. The smallest absolute Gasteiger partial charge is 0.409 e. The van der Waals surface area contributed by atoms with Gasteiger partial charge in [-0.2, -0.15) is 0 Å². The van der Waals surface area contributed by atoms with Crippen molar-refractivity contribution in [3.8, 4) is 0 Å². The Labute approximate surface area is 277 Å². The predicted molar refractivity (Wildman–Crippen MR) is 182 cm³/mol. The molecule has 0 bridgehead atoms. The van der Waals surface area contributed by atoms with Gasteiger partial charge in [-0.05, 0) is 79.3 Å². The highest BCUT2D eigenvalue weighted by atomic mass is 16.5. The first-order chi connectivity index (χ1) is 22.7. The van der Waals surface area contributed by atoms with Gasteiger partial charge in [-0.25, -0.2) is 9.78 Å². The summed E-state index contributed by atoms with van der Waals surface area (Å²) in [4.78, 5) is 60.5. The van der Waals surface area contributed by atoms with Crippen molar-refractivity contribution in [2.45, 2.75) is 59.0 Å². The summed E-state index contributed by atoms with van der Waals surface area (Å²) in [5, 5.41) is 8.97. The second kappa shape index (κ2) is 16.7. The van der Waals surface area contributed by atoms with Crippen LogP contribution in [0.5, 0.6) is 0 Å². The standard InChI is InChI=1S/C36H46N6O5/c1-5-26-14-15-30(21-29(26)22-32(43)40-31-13-9-10-18-38-31)39-33(44)25-42(24-28-12-8-7-11-27(28)23-37-3)34(45)36(6-2)16-19-41(20-17-36)35(46)47-4/h7-15,18,21,37H,5-6,16-17,19-20,22-25H2,1-4H3,(H,39,44)(H,38,40,43). The summed E-state index contributed by atoms with van der Waals surface area (Å²) in [6.45, 7) is 5.55. The van der Waals surface area contributed by atoms with Crippen LogP contribution < -0.4 is 16.0 Å². The van der Waals surface area contributed by atoms with Crippen LogP contribution in [0.4, 0.5) is 16.3 Å². The Bertz CT molecular complexity index is 1540. The van der Waals surface area contributed by atoms with Crippen molar-refractivity contribution in [2.75, 3.05) is 44.4 Å². The van der Waals surface area contributed by atoms with Gasteiger partial charge in [0.05, 0.1) is 18.9 Å². The number of methoxy groups -OCH3 is 1. The zero-order chi connectivity index (χ0) is 33.8. The minimum atomic E-state index is -0.709. The first-order valence-electron chi connectivity index (χ1n) is 16.2. The quantitative estimate of drug-likeness (QED) is 0.245. The van der Waals surface area contributed by atoms with Gasteiger partial charge in [0.1, 0.15) is 12.4 Å². The first kappa shape index (κ1) is 35.1. The van der Waals surface area contributed by atoms with Gasteiger partial charge in [0.25, 0.3) is 0 Å². The molecule has 0 saturated carbocycles. The van der Waals surface area contributed by atoms with E-state index in [2.05, 4.69) is 20.9 Å². The Morgan fingerprint density at radius 3 is 2.26 bits per heavy atom. The third-order valence-corrected chi connectivity index (χ3v) is 8.91. The van der Waals surface area contributed by atoms with Gasteiger partial charge in [0.15, 0.2) is 0 Å². The molecule has 2 heterocycles. The number of piperidine rings is 1. The lowest BCUT2D eigenvalue weighted by Gasteiger charge is -2.42. The van der Waals surface area contributed by atoms with Gasteiger partial charge < -0.3 is 30.5 Å². The molecule has 2 aromatic carbocycles. The van der Waals surface area contributed by atoms with Crippen LogP contribution in [-0.4, -0.2) is 72.4 Å². The number of pyridine rings is 1. The zero-order valence-electron chi connectivity index (χ0n) is 27.8. The molecule has 1 saturated heterocycles. The monoisotopic (exact) mass is 642 g/mol. The lowest BCUT2D eigenvalue weighted by Crippen LogP contribution is -2.52. The maximum Gasteiger partial charge on any atom is 0.409 e. The highest BCUT2D eigenvalue weighted by Crippen LogP contribution is 2.37. The van der Waals surface area contributed by atoms with Crippen LogP contribution in [0.3, 0.4) is 0 Å². The van der Waals surface area contributed by atoms with Gasteiger partial charge in [0.2, 0.25) is 17.7 Å². The SMILES string of the molecule is CCc1ccc(NC(=O)CN(Cc2ccccc2CNC)C(=O)C2(CC)CCN(C(=O)OC)CC2)cc1CC(=O)Nc1ccccn1. The van der Waals surface area contributed by atoms with Crippen molar-refractivity contribution in [2.24, 2.45) is 5.41 Å². The summed E-state index contributed by atoms with van der Waals surface area (Å²) in [6.07, 6.45) is 3.61. The molecule has 3 aromatic rings. The fraction of sp³-hybridized carbons (Fsp3) is 0.417. The summed E-state index contributed by atoms with van der Waals surface area (Å²) >= 11 is 0. The van der Waals surface area contributed by atoms with Crippen molar-refractivity contribution in [1.82, 2.24) is 20.1 Å². The number of aromatic nitrogens is 1. The van der Waals surface area contributed by atoms with E-state index in [1.807, 2.05) is 63.4 Å². The van der Waals surface area contributed by atoms with Crippen molar-refractivity contribution in [3.63, 3.8) is 0 Å². The van der Waals surface area contributed by atoms with Gasteiger partial charge >= 0.3 is 6.09 Å². The maximum absolute atomic E-state index is 14.4. The fourth-order valence-corrected chi connectivity index (χ4v) is 6.16.